The lowest BCUT2D eigenvalue weighted by molar-refractivity contribution is -0.0716. The van der Waals surface area contributed by atoms with Crippen LogP contribution in [0.25, 0.3) is 0 Å². The zero-order valence-electron chi connectivity index (χ0n) is 32.7. The van der Waals surface area contributed by atoms with Crippen LogP contribution in [-0.2, 0) is 14.2 Å². The third-order valence-corrected chi connectivity index (χ3v) is 12.0. The minimum Gasteiger partial charge on any atom is -0.374 e. The fraction of sp³-hybridized carbons (Fsp3) is 0.750. The first-order valence-electron chi connectivity index (χ1n) is 21.0. The number of ether oxygens (including phenoxy) is 3. The fourth-order valence-electron chi connectivity index (χ4n) is 9.88. The van der Waals surface area contributed by atoms with Crippen LogP contribution in [-0.4, -0.2) is 60.1 Å². The van der Waals surface area contributed by atoms with E-state index >= 15 is 0 Å². The van der Waals surface area contributed by atoms with E-state index in [0.717, 1.165) is 18.7 Å². The molecule has 1 aromatic carbocycles. The summed E-state index contributed by atoms with van der Waals surface area (Å²) in [6.07, 6.45) is 18.8. The highest BCUT2D eigenvalue weighted by atomic mass is 16.5. The van der Waals surface area contributed by atoms with Gasteiger partial charge in [-0.3, -0.25) is 4.98 Å². The van der Waals surface area contributed by atoms with Gasteiger partial charge in [-0.2, -0.15) is 0 Å². The molecular weight excluding hydrogens is 633 g/mol. The molecule has 4 aliphatic rings. The molecule has 51 heavy (non-hydrogen) atoms. The Kier molecular flexibility index (Phi) is 14.4. The fourth-order valence-corrected chi connectivity index (χ4v) is 9.88. The highest BCUT2D eigenvalue weighted by molar-refractivity contribution is 5.29. The first-order valence-corrected chi connectivity index (χ1v) is 21.0. The minimum atomic E-state index is -0.0153. The quantitative estimate of drug-likeness (QED) is 0.181. The predicted molar refractivity (Wildman–Crippen MR) is 208 cm³/mol. The summed E-state index contributed by atoms with van der Waals surface area (Å²) in [6, 6.07) is 17.5. The molecule has 284 valence electrons. The van der Waals surface area contributed by atoms with Crippen molar-refractivity contribution in [2.24, 2.45) is 11.8 Å². The monoisotopic (exact) mass is 703 g/mol. The number of nitrogens with zero attached hydrogens (tertiary/aromatic N) is 1. The van der Waals surface area contributed by atoms with Gasteiger partial charge in [0, 0.05) is 36.4 Å². The lowest BCUT2D eigenvalue weighted by Gasteiger charge is -2.46. The van der Waals surface area contributed by atoms with Crippen molar-refractivity contribution in [2.45, 2.75) is 192 Å². The zero-order chi connectivity index (χ0) is 35.7. The van der Waals surface area contributed by atoms with Crippen molar-refractivity contribution >= 4 is 0 Å². The predicted octanol–water partition coefficient (Wildman–Crippen LogP) is 9.15. The van der Waals surface area contributed by atoms with Gasteiger partial charge >= 0.3 is 0 Å². The zero-order valence-corrected chi connectivity index (χ0v) is 32.7. The Bertz CT molecular complexity index is 1300. The molecule has 4 heterocycles. The van der Waals surface area contributed by atoms with Crippen molar-refractivity contribution in [1.29, 1.82) is 0 Å². The second-order valence-electron chi connectivity index (χ2n) is 17.1. The van der Waals surface area contributed by atoms with Crippen molar-refractivity contribution in [2.75, 3.05) is 6.54 Å². The molecule has 0 spiro atoms. The van der Waals surface area contributed by atoms with E-state index in [9.17, 15) is 0 Å². The van der Waals surface area contributed by atoms with Gasteiger partial charge in [0.25, 0.3) is 0 Å². The van der Waals surface area contributed by atoms with E-state index in [1.165, 1.54) is 88.2 Å². The Hall–Kier alpha value is -1.87. The molecule has 3 aliphatic heterocycles. The Morgan fingerprint density at radius 3 is 2.14 bits per heavy atom. The van der Waals surface area contributed by atoms with Crippen LogP contribution in [0.1, 0.15) is 160 Å². The SMILES string of the molecule is CC(C)OC(c1cccc(C2CCCC(C(OC(C)C)C3CCCC(C4CCCC(C(OC(C)C)c5ccccn5)N4)C3)N2)c1)C1CCCCN1. The molecule has 2 aromatic rings. The van der Waals surface area contributed by atoms with E-state index < -0.39 is 0 Å². The van der Waals surface area contributed by atoms with E-state index in [2.05, 4.69) is 93.9 Å². The summed E-state index contributed by atoms with van der Waals surface area (Å²) in [5.74, 6) is 1.23. The van der Waals surface area contributed by atoms with Crippen LogP contribution in [0.2, 0.25) is 0 Å². The lowest BCUT2D eigenvalue weighted by atomic mass is 9.71. The van der Waals surface area contributed by atoms with Crippen LogP contribution in [0.5, 0.6) is 0 Å². The largest absolute Gasteiger partial charge is 0.374 e. The molecule has 7 heteroatoms. The molecule has 0 amide bonds. The van der Waals surface area contributed by atoms with Gasteiger partial charge in [-0.25, -0.2) is 0 Å². The molecule has 6 rings (SSSR count). The molecule has 4 fully saturated rings. The third-order valence-electron chi connectivity index (χ3n) is 12.0. The smallest absolute Gasteiger partial charge is 0.115 e. The van der Waals surface area contributed by atoms with E-state index in [0.29, 0.717) is 42.0 Å². The van der Waals surface area contributed by atoms with E-state index in [4.69, 9.17) is 19.2 Å². The van der Waals surface area contributed by atoms with Gasteiger partial charge in [0.2, 0.25) is 0 Å². The van der Waals surface area contributed by atoms with E-state index in [1.54, 1.807) is 0 Å². The van der Waals surface area contributed by atoms with Gasteiger partial charge < -0.3 is 30.2 Å². The number of rotatable bonds is 14. The second kappa shape index (κ2) is 18.9. The first-order chi connectivity index (χ1) is 24.7. The number of aromatic nitrogens is 1. The summed E-state index contributed by atoms with van der Waals surface area (Å²) < 4.78 is 20.1. The number of pyridine rings is 1. The van der Waals surface area contributed by atoms with Crippen LogP contribution in [0.15, 0.2) is 48.7 Å². The van der Waals surface area contributed by atoms with Crippen LogP contribution in [0.3, 0.4) is 0 Å². The number of hydrogen-bond donors (Lipinski definition) is 3. The standard InChI is InChI=1S/C44H70N4O3/c1-29(2)49-42(38-19-7-9-25-45-38)34-17-11-15-32(27-34)36-21-13-23-40(47-36)43(50-30(3)4)35-18-12-16-33(28-35)37-22-14-24-41(48-37)44(51-31(5)6)39-20-8-10-26-46-39/h8,10-11,15,17,20,26-27,29-31,33,35-38,40-45,47-48H,7,9,12-14,16,18-19,21-25,28H2,1-6H3. The highest BCUT2D eigenvalue weighted by Gasteiger charge is 2.41. The summed E-state index contributed by atoms with van der Waals surface area (Å²) in [4.78, 5) is 4.74. The summed E-state index contributed by atoms with van der Waals surface area (Å²) in [7, 11) is 0. The Morgan fingerprint density at radius 2 is 1.39 bits per heavy atom. The molecule has 3 N–H and O–H groups in total. The average Bonchev–Trinajstić information content (AvgIpc) is 3.16. The van der Waals surface area contributed by atoms with Crippen LogP contribution >= 0.6 is 0 Å². The number of piperidine rings is 3. The minimum absolute atomic E-state index is 0.0153. The van der Waals surface area contributed by atoms with Crippen molar-refractivity contribution in [3.63, 3.8) is 0 Å². The molecule has 1 saturated carbocycles. The van der Waals surface area contributed by atoms with Crippen molar-refractivity contribution in [3.8, 4) is 0 Å². The van der Waals surface area contributed by atoms with Crippen molar-refractivity contribution in [3.05, 3.63) is 65.5 Å². The molecule has 0 bridgehead atoms. The summed E-state index contributed by atoms with van der Waals surface area (Å²) in [5.41, 5.74) is 3.77. The third kappa shape index (κ3) is 10.6. The average molecular weight is 703 g/mol. The highest BCUT2D eigenvalue weighted by Crippen LogP contribution is 2.41. The molecule has 3 saturated heterocycles. The molecule has 0 radical (unpaired) electrons. The molecule has 1 aromatic heterocycles. The Morgan fingerprint density at radius 1 is 0.647 bits per heavy atom. The molecule has 7 nitrogen and oxygen atoms in total. The van der Waals surface area contributed by atoms with Crippen molar-refractivity contribution < 1.29 is 14.2 Å². The first kappa shape index (κ1) is 38.8. The van der Waals surface area contributed by atoms with Gasteiger partial charge in [0.1, 0.15) is 6.10 Å². The molecular formula is C44H70N4O3. The normalized spacial score (nSPS) is 31.1. The van der Waals surface area contributed by atoms with Crippen LogP contribution in [0.4, 0.5) is 0 Å². The van der Waals surface area contributed by atoms with Gasteiger partial charge in [0.15, 0.2) is 0 Å². The topological polar surface area (TPSA) is 76.7 Å². The maximum atomic E-state index is 6.96. The van der Waals surface area contributed by atoms with E-state index in [-0.39, 0.29) is 36.6 Å². The maximum Gasteiger partial charge on any atom is 0.115 e. The van der Waals surface area contributed by atoms with Crippen LogP contribution in [0, 0.1) is 11.8 Å². The van der Waals surface area contributed by atoms with Gasteiger partial charge in [-0.05, 0) is 147 Å². The van der Waals surface area contributed by atoms with E-state index in [1.807, 2.05) is 12.3 Å². The molecule has 1 aliphatic carbocycles. The second-order valence-corrected chi connectivity index (χ2v) is 17.1. The number of hydrogen-bond acceptors (Lipinski definition) is 7. The Balaban J connectivity index is 1.14. The van der Waals surface area contributed by atoms with Crippen molar-refractivity contribution in [1.82, 2.24) is 20.9 Å². The van der Waals surface area contributed by atoms with Gasteiger partial charge in [0.05, 0.1) is 36.2 Å². The molecule has 10 atom stereocenters. The number of benzene rings is 1. The maximum absolute atomic E-state index is 6.96. The Labute approximate surface area is 310 Å². The summed E-state index contributed by atoms with van der Waals surface area (Å²) in [5, 5.41) is 12.1. The van der Waals surface area contributed by atoms with Gasteiger partial charge in [-0.15, -0.1) is 0 Å². The number of nitrogens with one attached hydrogen (secondary N) is 3. The summed E-state index contributed by atoms with van der Waals surface area (Å²) in [6.45, 7) is 14.2. The molecule has 10 unspecified atom stereocenters. The lowest BCUT2D eigenvalue weighted by Crippen LogP contribution is -2.53. The van der Waals surface area contributed by atoms with Gasteiger partial charge in [-0.1, -0.05) is 49.6 Å². The summed E-state index contributed by atoms with van der Waals surface area (Å²) >= 11 is 0. The van der Waals surface area contributed by atoms with Crippen LogP contribution < -0.4 is 16.0 Å².